The number of carbonyl (C=O) groups is 1. The molecule has 0 aromatic rings. The number of amidine groups is 1. The highest BCUT2D eigenvalue weighted by molar-refractivity contribution is 8.14. The van der Waals surface area contributed by atoms with Gasteiger partial charge in [-0.25, -0.2) is 0 Å². The number of aliphatic imine (C=N–C) groups is 1. The smallest absolute Gasteiger partial charge is 0.258 e. The second-order valence-electron chi connectivity index (χ2n) is 1.53. The van der Waals surface area contributed by atoms with Gasteiger partial charge in [0.2, 0.25) is 0 Å². The van der Waals surface area contributed by atoms with Crippen LogP contribution in [-0.4, -0.2) is 21.9 Å². The summed E-state index contributed by atoms with van der Waals surface area (Å²) in [6, 6.07) is 0. The van der Waals surface area contributed by atoms with Crippen LogP contribution in [0, 0.1) is 0 Å². The first-order valence-corrected chi connectivity index (χ1v) is 3.96. The summed E-state index contributed by atoms with van der Waals surface area (Å²) in [6.45, 7) is 0. The van der Waals surface area contributed by atoms with Crippen molar-refractivity contribution in [1.82, 2.24) is 0 Å². The van der Waals surface area contributed by atoms with Crippen LogP contribution in [0.15, 0.2) is 4.99 Å². The highest BCUT2D eigenvalue weighted by atomic mass is 32.2. The summed E-state index contributed by atoms with van der Waals surface area (Å²) in [6.07, 6.45) is 0. The van der Waals surface area contributed by atoms with Crippen LogP contribution in [0.5, 0.6) is 0 Å². The molecule has 11 heavy (non-hydrogen) atoms. The third-order valence-electron chi connectivity index (χ3n) is 0.578. The third kappa shape index (κ3) is 7.07. The minimum Gasteiger partial charge on any atom is -0.378 e. The number of rotatable bonds is 0. The maximum Gasteiger partial charge on any atom is 0.258 e. The van der Waals surface area contributed by atoms with Crippen molar-refractivity contribution < 1.29 is 4.79 Å². The van der Waals surface area contributed by atoms with Crippen molar-refractivity contribution in [2.75, 3.05) is 5.75 Å². The first kappa shape index (κ1) is 10.2. The van der Waals surface area contributed by atoms with Crippen LogP contribution in [0.4, 0.5) is 0 Å². The third-order valence-corrected chi connectivity index (χ3v) is 1.36. The van der Waals surface area contributed by atoms with Crippen molar-refractivity contribution >= 4 is 40.2 Å². The fourth-order valence-corrected chi connectivity index (χ4v) is 0.825. The van der Waals surface area contributed by atoms with Crippen LogP contribution < -0.4 is 17.2 Å². The van der Waals surface area contributed by atoms with E-state index in [9.17, 15) is 4.79 Å². The lowest BCUT2D eigenvalue weighted by Crippen LogP contribution is -2.18. The molecule has 0 saturated heterocycles. The van der Waals surface area contributed by atoms with Gasteiger partial charge in [-0.3, -0.25) is 4.79 Å². The number of thiocarbonyl (C=S) groups is 1. The molecule has 0 spiro atoms. The molecule has 62 valence electrons. The number of nitrogens with two attached hydrogens (primary N) is 3. The molecule has 0 radical (unpaired) electrons. The number of thioether (sulfide) groups is 1. The van der Waals surface area contributed by atoms with Gasteiger partial charge < -0.3 is 17.2 Å². The van der Waals surface area contributed by atoms with Crippen LogP contribution >= 0.6 is 24.0 Å². The van der Waals surface area contributed by atoms with Crippen LogP contribution in [0.2, 0.25) is 0 Å². The average molecular weight is 192 g/mol. The maximum absolute atomic E-state index is 10.2. The van der Waals surface area contributed by atoms with Crippen LogP contribution in [-0.2, 0) is 4.79 Å². The Hall–Kier alpha value is -0.820. The van der Waals surface area contributed by atoms with E-state index in [1.54, 1.807) is 0 Å². The Morgan fingerprint density at radius 1 is 1.64 bits per heavy atom. The predicted molar refractivity (Wildman–Crippen MR) is 50.1 cm³/mol. The van der Waals surface area contributed by atoms with E-state index in [0.717, 1.165) is 0 Å². The number of amides is 1. The molecule has 0 aromatic heterocycles. The SMILES string of the molecule is NC(N)=S.NC1=NC(=O)CS1. The van der Waals surface area contributed by atoms with E-state index in [-0.39, 0.29) is 11.0 Å². The zero-order valence-corrected chi connectivity index (χ0v) is 7.24. The molecule has 6 N–H and O–H groups in total. The summed E-state index contributed by atoms with van der Waals surface area (Å²) in [7, 11) is 0. The fraction of sp³-hybridized carbons (Fsp3) is 0.250. The van der Waals surface area contributed by atoms with Crippen LogP contribution in [0.3, 0.4) is 0 Å². The molecule has 1 rings (SSSR count). The monoisotopic (exact) mass is 192 g/mol. The first-order chi connectivity index (χ1) is 5.02. The lowest BCUT2D eigenvalue weighted by atomic mass is 10.7. The summed E-state index contributed by atoms with van der Waals surface area (Å²) in [4.78, 5) is 13.6. The summed E-state index contributed by atoms with van der Waals surface area (Å²) >= 11 is 5.38. The summed E-state index contributed by atoms with van der Waals surface area (Å²) in [5.74, 6) is 0.300. The second kappa shape index (κ2) is 4.91. The molecule has 0 bridgehead atoms. The summed E-state index contributed by atoms with van der Waals surface area (Å²) < 4.78 is 0. The largest absolute Gasteiger partial charge is 0.378 e. The Morgan fingerprint density at radius 3 is 2.18 bits per heavy atom. The topological polar surface area (TPSA) is 107 Å². The zero-order valence-electron chi connectivity index (χ0n) is 5.61. The number of hydrogen-bond donors (Lipinski definition) is 3. The van der Waals surface area contributed by atoms with Gasteiger partial charge in [0, 0.05) is 0 Å². The predicted octanol–water partition coefficient (Wildman–Crippen LogP) is -1.24. The number of nitrogens with zero attached hydrogens (tertiary/aromatic N) is 1. The van der Waals surface area contributed by atoms with Gasteiger partial charge in [0.05, 0.1) is 5.75 Å². The van der Waals surface area contributed by atoms with E-state index in [0.29, 0.717) is 10.9 Å². The lowest BCUT2D eigenvalue weighted by Gasteiger charge is -1.76. The highest BCUT2D eigenvalue weighted by Crippen LogP contribution is 2.07. The average Bonchev–Trinajstić information content (AvgIpc) is 2.13. The quantitative estimate of drug-likeness (QED) is 0.414. The number of carbonyl (C=O) groups excluding carboxylic acids is 1. The Morgan fingerprint density at radius 2 is 2.09 bits per heavy atom. The van der Waals surface area contributed by atoms with Crippen molar-refractivity contribution in [2.24, 2.45) is 22.2 Å². The van der Waals surface area contributed by atoms with Gasteiger partial charge in [0.1, 0.15) is 0 Å². The molecule has 7 heteroatoms. The van der Waals surface area contributed by atoms with Crippen molar-refractivity contribution in [3.8, 4) is 0 Å². The van der Waals surface area contributed by atoms with E-state index in [1.807, 2.05) is 0 Å². The Balaban J connectivity index is 0.000000218. The van der Waals surface area contributed by atoms with Crippen molar-refractivity contribution in [2.45, 2.75) is 0 Å². The Labute approximate surface area is 73.4 Å². The standard InChI is InChI=1S/C3H4N2OS.CH4N2S/c4-3-5-2(6)1-7-3;2-1(3)4/h1H2,(H2,4,5,6);(H4,2,3,4). The van der Waals surface area contributed by atoms with Gasteiger partial charge in [-0.2, -0.15) is 4.99 Å². The molecular formula is C4H8N4OS2. The molecule has 0 unspecified atom stereocenters. The summed E-state index contributed by atoms with van der Waals surface area (Å²) in [5, 5.41) is 0.394. The number of hydrogen-bond acceptors (Lipinski definition) is 4. The molecule has 1 aliphatic rings. The van der Waals surface area contributed by atoms with Gasteiger partial charge >= 0.3 is 0 Å². The Bertz CT molecular complexity index is 198. The molecule has 0 aromatic carbocycles. The molecular weight excluding hydrogens is 184 g/mol. The molecule has 1 heterocycles. The van der Waals surface area contributed by atoms with Crippen LogP contribution in [0.25, 0.3) is 0 Å². The van der Waals surface area contributed by atoms with Gasteiger partial charge in [-0.15, -0.1) is 0 Å². The Kier molecular flexibility index (Phi) is 4.55. The maximum atomic E-state index is 10.2. The zero-order chi connectivity index (χ0) is 8.85. The van der Waals surface area contributed by atoms with Gasteiger partial charge in [0.15, 0.2) is 10.3 Å². The molecule has 0 aliphatic carbocycles. The first-order valence-electron chi connectivity index (χ1n) is 2.57. The van der Waals surface area contributed by atoms with Crippen LogP contribution in [0.1, 0.15) is 0 Å². The fourth-order valence-electron chi connectivity index (χ4n) is 0.323. The highest BCUT2D eigenvalue weighted by Gasteiger charge is 2.09. The van der Waals surface area contributed by atoms with Gasteiger partial charge in [-0.1, -0.05) is 11.8 Å². The van der Waals surface area contributed by atoms with Gasteiger partial charge in [0.25, 0.3) is 5.91 Å². The van der Waals surface area contributed by atoms with E-state index in [1.165, 1.54) is 11.8 Å². The summed E-state index contributed by atoms with van der Waals surface area (Å²) in [5.41, 5.74) is 14.4. The molecule has 0 saturated carbocycles. The molecule has 1 amide bonds. The van der Waals surface area contributed by atoms with Gasteiger partial charge in [-0.05, 0) is 12.2 Å². The van der Waals surface area contributed by atoms with E-state index in [2.05, 4.69) is 28.7 Å². The molecule has 0 atom stereocenters. The van der Waals surface area contributed by atoms with E-state index in [4.69, 9.17) is 5.73 Å². The molecule has 1 aliphatic heterocycles. The van der Waals surface area contributed by atoms with Crippen molar-refractivity contribution in [3.63, 3.8) is 0 Å². The molecule has 5 nitrogen and oxygen atoms in total. The minimum atomic E-state index is -0.123. The van der Waals surface area contributed by atoms with E-state index < -0.39 is 0 Å². The van der Waals surface area contributed by atoms with E-state index >= 15 is 0 Å². The van der Waals surface area contributed by atoms with Crippen molar-refractivity contribution in [1.29, 1.82) is 0 Å². The minimum absolute atomic E-state index is 0.000000000000000222. The lowest BCUT2D eigenvalue weighted by molar-refractivity contribution is -0.115. The molecule has 0 fully saturated rings. The normalized spacial score (nSPS) is 14.9. The van der Waals surface area contributed by atoms with Crippen molar-refractivity contribution in [3.05, 3.63) is 0 Å². The second-order valence-corrected chi connectivity index (χ2v) is 3.00.